The van der Waals surface area contributed by atoms with Gasteiger partial charge in [0.1, 0.15) is 34.6 Å². The number of rotatable bonds is 7. The molecule has 3 aromatic rings. The van der Waals surface area contributed by atoms with Gasteiger partial charge in [-0.15, -0.1) is 13.2 Å². The molecule has 3 atom stereocenters. The zero-order valence-corrected chi connectivity index (χ0v) is 21.6. The minimum Gasteiger partial charge on any atom is -0.497 e. The average Bonchev–Trinajstić information content (AvgIpc) is 2.91. The molecule has 1 unspecified atom stereocenters. The number of ether oxygens (including phenoxy) is 3. The van der Waals surface area contributed by atoms with E-state index in [9.17, 15) is 22.5 Å². The summed E-state index contributed by atoms with van der Waals surface area (Å²) < 4.78 is 74.8. The van der Waals surface area contributed by atoms with E-state index in [1.54, 1.807) is 0 Å². The molecule has 0 bridgehead atoms. The molecule has 5 rings (SSSR count). The van der Waals surface area contributed by atoms with Crippen molar-refractivity contribution in [3.8, 4) is 17.2 Å². The fraction of sp³-hybridized carbons (Fsp3) is 0.259. The average molecular weight is 562 g/mol. The van der Waals surface area contributed by atoms with E-state index in [1.807, 2.05) is 60.4 Å². The van der Waals surface area contributed by atoms with E-state index in [0.717, 1.165) is 12.1 Å². The topological polar surface area (TPSA) is 92.6 Å². The van der Waals surface area contributed by atoms with Gasteiger partial charge in [0.05, 0.1) is 28.0 Å². The molecule has 0 spiro atoms. The zero-order valence-electron chi connectivity index (χ0n) is 20.8. The molecular weight excluding hydrogens is 535 g/mol. The van der Waals surface area contributed by atoms with Crippen molar-refractivity contribution in [2.75, 3.05) is 18.1 Å². The number of alkyl halides is 3. The molecule has 3 aromatic carbocycles. The third-order valence-electron chi connectivity index (χ3n) is 6.04. The maximum Gasteiger partial charge on any atom is 0.573 e. The summed E-state index contributed by atoms with van der Waals surface area (Å²) in [7, 11) is -3.37. The molecule has 2 aliphatic heterocycles. The molecule has 0 aromatic heterocycles. The number of anilines is 2. The molecular formula is C27H26F3N3O5S. The summed E-state index contributed by atoms with van der Waals surface area (Å²) in [6.07, 6.45) is -4.00. The fourth-order valence-corrected chi connectivity index (χ4v) is 6.21. The molecule has 8 nitrogen and oxygen atoms in total. The van der Waals surface area contributed by atoms with Gasteiger partial charge in [-0.2, -0.15) is 0 Å². The number of fused-ring (bicyclic) bond motifs is 2. The van der Waals surface area contributed by atoms with Crippen LogP contribution in [0.2, 0.25) is 0 Å². The Morgan fingerprint density at radius 2 is 1.67 bits per heavy atom. The lowest BCUT2D eigenvalue weighted by atomic mass is 10.0. The molecule has 0 fully saturated rings. The number of hydrogen-bond donors (Lipinski definition) is 2. The van der Waals surface area contributed by atoms with E-state index in [0.29, 0.717) is 35.0 Å². The van der Waals surface area contributed by atoms with Gasteiger partial charge in [-0.1, -0.05) is 31.2 Å². The first-order valence-corrected chi connectivity index (χ1v) is 13.7. The molecule has 0 saturated heterocycles. The monoisotopic (exact) mass is 561 g/mol. The molecule has 0 saturated carbocycles. The van der Waals surface area contributed by atoms with Crippen molar-refractivity contribution in [3.05, 3.63) is 84.8 Å². The Hall–Kier alpha value is -3.74. The smallest absolute Gasteiger partial charge is 0.497 e. The van der Waals surface area contributed by atoms with Crippen LogP contribution in [-0.2, 0) is 14.7 Å². The van der Waals surface area contributed by atoms with Crippen LogP contribution in [0.5, 0.6) is 17.2 Å². The minimum atomic E-state index is -4.85. The molecule has 2 N–H and O–H groups in total. The minimum absolute atomic E-state index is 0.0216. The van der Waals surface area contributed by atoms with Crippen molar-refractivity contribution in [2.24, 2.45) is 4.36 Å². The lowest BCUT2D eigenvalue weighted by Crippen LogP contribution is -2.51. The van der Waals surface area contributed by atoms with Crippen molar-refractivity contribution in [2.45, 2.75) is 36.7 Å². The highest BCUT2D eigenvalue weighted by molar-refractivity contribution is 7.91. The summed E-state index contributed by atoms with van der Waals surface area (Å²) in [5, 5.41) is 11.5. The second-order valence-corrected chi connectivity index (χ2v) is 10.8. The van der Waals surface area contributed by atoms with E-state index >= 15 is 0 Å². The molecule has 12 heteroatoms. The Morgan fingerprint density at radius 1 is 1.05 bits per heavy atom. The molecule has 2 aliphatic rings. The quantitative estimate of drug-likeness (QED) is 0.375. The molecule has 0 radical (unpaired) electrons. The van der Waals surface area contributed by atoms with Crippen LogP contribution in [0.3, 0.4) is 0 Å². The summed E-state index contributed by atoms with van der Waals surface area (Å²) in [5.41, 5.74) is 1.75. The summed E-state index contributed by atoms with van der Waals surface area (Å²) in [5.74, 6) is 0.726. The van der Waals surface area contributed by atoms with E-state index in [4.69, 9.17) is 9.47 Å². The van der Waals surface area contributed by atoms with E-state index < -0.39 is 34.2 Å². The first-order valence-electron chi connectivity index (χ1n) is 12.2. The van der Waals surface area contributed by atoms with Crippen LogP contribution >= 0.6 is 0 Å². The van der Waals surface area contributed by atoms with Crippen LogP contribution in [0, 0.1) is 0 Å². The molecule has 39 heavy (non-hydrogen) atoms. The molecule has 2 heterocycles. The van der Waals surface area contributed by atoms with Crippen LogP contribution in [0.4, 0.5) is 24.5 Å². The maximum absolute atomic E-state index is 14.1. The predicted molar refractivity (Wildman–Crippen MR) is 139 cm³/mol. The van der Waals surface area contributed by atoms with Gasteiger partial charge in [0.15, 0.2) is 11.5 Å². The second-order valence-electron chi connectivity index (χ2n) is 8.82. The van der Waals surface area contributed by atoms with Gasteiger partial charge < -0.3 is 24.2 Å². The van der Waals surface area contributed by atoms with Gasteiger partial charge in [0, 0.05) is 6.54 Å². The van der Waals surface area contributed by atoms with Gasteiger partial charge in [-0.25, -0.2) is 13.3 Å². The van der Waals surface area contributed by atoms with Gasteiger partial charge >= 0.3 is 6.36 Å². The summed E-state index contributed by atoms with van der Waals surface area (Å²) in [6.45, 7) is 2.06. The first-order chi connectivity index (χ1) is 18.7. The number of aliphatic hydroxyl groups excluding tert-OH is 1. The first kappa shape index (κ1) is 26.9. The molecule has 0 aliphatic carbocycles. The van der Waals surface area contributed by atoms with Crippen molar-refractivity contribution >= 4 is 21.3 Å². The number of nitrogens with zero attached hydrogens (tertiary/aromatic N) is 2. The van der Waals surface area contributed by atoms with E-state index in [-0.39, 0.29) is 18.0 Å². The van der Waals surface area contributed by atoms with Gasteiger partial charge in [-0.05, 0) is 55.0 Å². The standard InChI is InChI=1S/C27H26F3N3O5S/c1-2-15-31-39(35,19-13-11-18(12-14-19)38-27(28,29)30)32-20-16-36-17-23(26(20)34)33-21-7-3-5-9-24(21)37-25-10-6-4-8-22(25)33/h3-14,17,20,26,34H,2,15-16H2,1H3,(H,31,32,35)/t20-,26+,39?/m0/s1. The van der Waals surface area contributed by atoms with Crippen LogP contribution < -0.4 is 19.1 Å². The molecule has 206 valence electrons. The number of nitrogens with one attached hydrogen (secondary N) is 1. The Labute approximate surface area is 223 Å². The summed E-state index contributed by atoms with van der Waals surface area (Å²) in [4.78, 5) is 1.97. The Bertz CT molecular complexity index is 1440. The number of benzene rings is 3. The zero-order chi connectivity index (χ0) is 27.6. The predicted octanol–water partition coefficient (Wildman–Crippen LogP) is 5.87. The third-order valence-corrected chi connectivity index (χ3v) is 8.12. The van der Waals surface area contributed by atoms with Crippen molar-refractivity contribution in [3.63, 3.8) is 0 Å². The number of para-hydroxylation sites is 4. The van der Waals surface area contributed by atoms with Crippen LogP contribution in [-0.4, -0.2) is 41.0 Å². The molecule has 0 amide bonds. The van der Waals surface area contributed by atoms with Crippen molar-refractivity contribution < 1.29 is 36.7 Å². The fourth-order valence-electron chi connectivity index (χ4n) is 4.30. The van der Waals surface area contributed by atoms with Crippen molar-refractivity contribution in [1.29, 1.82) is 0 Å². The lowest BCUT2D eigenvalue weighted by Gasteiger charge is -2.39. The second kappa shape index (κ2) is 10.8. The van der Waals surface area contributed by atoms with E-state index in [2.05, 4.69) is 13.8 Å². The van der Waals surface area contributed by atoms with Gasteiger partial charge in [0.25, 0.3) is 0 Å². The Morgan fingerprint density at radius 3 is 2.26 bits per heavy atom. The largest absolute Gasteiger partial charge is 0.573 e. The normalized spacial score (nSPS) is 19.9. The maximum atomic E-state index is 14.1. The Kier molecular flexibility index (Phi) is 7.43. The lowest BCUT2D eigenvalue weighted by molar-refractivity contribution is -0.274. The van der Waals surface area contributed by atoms with E-state index in [1.165, 1.54) is 18.4 Å². The SMILES string of the molecule is CCCN=S(=O)(N[C@H]1COC=C(N2c3ccccc3Oc3ccccc32)[C@@H]1O)c1ccc(OC(F)(F)F)cc1. The van der Waals surface area contributed by atoms with Crippen LogP contribution in [0.15, 0.2) is 94.0 Å². The van der Waals surface area contributed by atoms with Gasteiger partial charge in [-0.3, -0.25) is 0 Å². The van der Waals surface area contributed by atoms with Crippen LogP contribution in [0.1, 0.15) is 13.3 Å². The Balaban J connectivity index is 1.46. The highest BCUT2D eigenvalue weighted by atomic mass is 32.2. The number of aliphatic hydroxyl groups is 1. The van der Waals surface area contributed by atoms with Gasteiger partial charge in [0.2, 0.25) is 0 Å². The van der Waals surface area contributed by atoms with Crippen LogP contribution in [0.25, 0.3) is 0 Å². The summed E-state index contributed by atoms with van der Waals surface area (Å²) >= 11 is 0. The third kappa shape index (κ3) is 5.68. The number of halogens is 3. The van der Waals surface area contributed by atoms with Crippen molar-refractivity contribution in [1.82, 2.24) is 4.72 Å². The summed E-state index contributed by atoms with van der Waals surface area (Å²) in [6, 6.07) is 18.5. The highest BCUT2D eigenvalue weighted by Gasteiger charge is 2.38. The number of hydrogen-bond acceptors (Lipinski definition) is 7. The highest BCUT2D eigenvalue weighted by Crippen LogP contribution is 2.49.